The molecule has 4 nitrogen and oxygen atoms in total. The highest BCUT2D eigenvalue weighted by Crippen LogP contribution is 2.13. The lowest BCUT2D eigenvalue weighted by atomic mass is 10.1. The van der Waals surface area contributed by atoms with E-state index in [0.717, 1.165) is 6.42 Å². The number of hydrogen-bond donors (Lipinski definition) is 1. The predicted octanol–water partition coefficient (Wildman–Crippen LogP) is 2.92. The zero-order valence-electron chi connectivity index (χ0n) is 10.4. The minimum atomic E-state index is -1.12. The summed E-state index contributed by atoms with van der Waals surface area (Å²) in [7, 11) is 0. The monoisotopic (exact) mass is 276 g/mol. The molecule has 2 aromatic rings. The van der Waals surface area contributed by atoms with E-state index >= 15 is 0 Å². The number of aromatic carboxylic acids is 1. The van der Waals surface area contributed by atoms with Crippen LogP contribution in [0.4, 0.5) is 0 Å². The first-order valence-electron chi connectivity index (χ1n) is 5.86. The van der Waals surface area contributed by atoms with E-state index in [9.17, 15) is 4.79 Å². The van der Waals surface area contributed by atoms with Gasteiger partial charge in [-0.15, -0.1) is 0 Å². The summed E-state index contributed by atoms with van der Waals surface area (Å²) in [4.78, 5) is 18.8. The lowest BCUT2D eigenvalue weighted by molar-refractivity contribution is 0.0696. The van der Waals surface area contributed by atoms with Gasteiger partial charge in [0.05, 0.1) is 0 Å². The van der Waals surface area contributed by atoms with E-state index < -0.39 is 5.97 Å². The van der Waals surface area contributed by atoms with Gasteiger partial charge in [-0.05, 0) is 18.9 Å². The van der Waals surface area contributed by atoms with Crippen LogP contribution in [0.1, 0.15) is 27.3 Å². The van der Waals surface area contributed by atoms with Crippen LogP contribution < -0.4 is 0 Å². The van der Waals surface area contributed by atoms with Gasteiger partial charge < -0.3 is 5.11 Å². The molecular formula is C14H13ClN2O2. The van der Waals surface area contributed by atoms with Crippen LogP contribution in [0.25, 0.3) is 0 Å². The molecule has 0 bridgehead atoms. The van der Waals surface area contributed by atoms with Crippen molar-refractivity contribution in [3.05, 3.63) is 58.1 Å². The third kappa shape index (κ3) is 3.51. The number of halogens is 1. The Kier molecular flexibility index (Phi) is 4.12. The molecule has 5 heteroatoms. The van der Waals surface area contributed by atoms with Crippen molar-refractivity contribution < 1.29 is 9.90 Å². The summed E-state index contributed by atoms with van der Waals surface area (Å²) in [5.74, 6) is -0.564. The summed E-state index contributed by atoms with van der Waals surface area (Å²) in [5.41, 5.74) is 2.34. The molecule has 0 saturated carbocycles. The molecule has 0 fully saturated rings. The first-order valence-corrected chi connectivity index (χ1v) is 6.24. The summed E-state index contributed by atoms with van der Waals surface area (Å²) in [6.45, 7) is 2.04. The third-order valence-electron chi connectivity index (χ3n) is 2.78. The minimum absolute atomic E-state index is 0.0126. The highest BCUT2D eigenvalue weighted by Gasteiger charge is 2.11. The van der Waals surface area contributed by atoms with Gasteiger partial charge in [-0.1, -0.05) is 41.4 Å². The van der Waals surface area contributed by atoms with E-state index in [1.165, 1.54) is 17.3 Å². The molecular weight excluding hydrogens is 264 g/mol. The molecule has 0 radical (unpaired) electrons. The van der Waals surface area contributed by atoms with Gasteiger partial charge in [0.1, 0.15) is 16.5 Å². The quantitative estimate of drug-likeness (QED) is 0.872. The number of hydrogen-bond acceptors (Lipinski definition) is 3. The van der Waals surface area contributed by atoms with Crippen LogP contribution in [0.15, 0.2) is 30.5 Å². The molecule has 2 rings (SSSR count). The molecule has 0 aliphatic heterocycles. The molecule has 1 aromatic heterocycles. The maximum absolute atomic E-state index is 10.8. The Balaban J connectivity index is 2.06. The highest BCUT2D eigenvalue weighted by atomic mass is 35.5. The molecule has 1 heterocycles. The first kappa shape index (κ1) is 13.5. The van der Waals surface area contributed by atoms with Crippen molar-refractivity contribution in [2.45, 2.75) is 19.8 Å². The number of benzene rings is 1. The summed E-state index contributed by atoms with van der Waals surface area (Å²) >= 11 is 5.79. The number of nitrogens with zero attached hydrogens (tertiary/aromatic N) is 2. The van der Waals surface area contributed by atoms with Gasteiger partial charge in [-0.3, -0.25) is 0 Å². The fourth-order valence-electron chi connectivity index (χ4n) is 1.67. The van der Waals surface area contributed by atoms with Gasteiger partial charge in [0.2, 0.25) is 0 Å². The van der Waals surface area contributed by atoms with Crippen LogP contribution in [0.2, 0.25) is 5.15 Å². The predicted molar refractivity (Wildman–Crippen MR) is 72.6 cm³/mol. The highest BCUT2D eigenvalue weighted by molar-refractivity contribution is 6.32. The standard InChI is InChI=1S/C14H13ClN2O2/c1-9-2-4-10(5-3-9)6-7-12-16-8-11(14(18)19)13(15)17-12/h2-5,8H,6-7H2,1H3,(H,18,19). The summed E-state index contributed by atoms with van der Waals surface area (Å²) in [5, 5.41) is 8.81. The molecule has 1 N–H and O–H groups in total. The molecule has 0 saturated heterocycles. The average Bonchev–Trinajstić information content (AvgIpc) is 2.37. The molecule has 0 amide bonds. The van der Waals surface area contributed by atoms with Crippen LogP contribution >= 0.6 is 11.6 Å². The lowest BCUT2D eigenvalue weighted by Gasteiger charge is -2.03. The van der Waals surface area contributed by atoms with E-state index in [0.29, 0.717) is 12.2 Å². The summed E-state index contributed by atoms with van der Waals surface area (Å²) in [6.07, 6.45) is 2.67. The van der Waals surface area contributed by atoms with Gasteiger partial charge in [0, 0.05) is 12.6 Å². The first-order chi connectivity index (χ1) is 9.06. The summed E-state index contributed by atoms with van der Waals surface area (Å²) in [6, 6.07) is 8.22. The van der Waals surface area contributed by atoms with Crippen LogP contribution in [-0.4, -0.2) is 21.0 Å². The van der Waals surface area contributed by atoms with Crippen LogP contribution in [0, 0.1) is 6.92 Å². The van der Waals surface area contributed by atoms with Gasteiger partial charge >= 0.3 is 5.97 Å². The number of carboxylic acid groups (broad SMARTS) is 1. The van der Waals surface area contributed by atoms with Crippen molar-refractivity contribution in [3.63, 3.8) is 0 Å². The molecule has 0 unspecified atom stereocenters. The molecule has 0 atom stereocenters. The fraction of sp³-hybridized carbons (Fsp3) is 0.214. The van der Waals surface area contributed by atoms with E-state index in [-0.39, 0.29) is 10.7 Å². The second-order valence-corrected chi connectivity index (χ2v) is 4.64. The summed E-state index contributed by atoms with van der Waals surface area (Å²) < 4.78 is 0. The topological polar surface area (TPSA) is 63.1 Å². The van der Waals surface area contributed by atoms with E-state index in [1.807, 2.05) is 6.92 Å². The largest absolute Gasteiger partial charge is 0.478 e. The van der Waals surface area contributed by atoms with Gasteiger partial charge in [0.15, 0.2) is 0 Å². The minimum Gasteiger partial charge on any atom is -0.478 e. The second-order valence-electron chi connectivity index (χ2n) is 4.28. The smallest absolute Gasteiger partial charge is 0.340 e. The number of aryl methyl sites for hydroxylation is 3. The lowest BCUT2D eigenvalue weighted by Crippen LogP contribution is -2.05. The number of rotatable bonds is 4. The van der Waals surface area contributed by atoms with Crippen molar-refractivity contribution in [1.29, 1.82) is 0 Å². The Morgan fingerprint density at radius 3 is 2.53 bits per heavy atom. The maximum atomic E-state index is 10.8. The van der Waals surface area contributed by atoms with Crippen molar-refractivity contribution in [2.75, 3.05) is 0 Å². The van der Waals surface area contributed by atoms with Gasteiger partial charge in [0.25, 0.3) is 0 Å². The Labute approximate surface area is 116 Å². The van der Waals surface area contributed by atoms with Gasteiger partial charge in [-0.2, -0.15) is 0 Å². The molecule has 0 aliphatic rings. The number of carboxylic acids is 1. The normalized spacial score (nSPS) is 10.4. The second kappa shape index (κ2) is 5.80. The fourth-order valence-corrected chi connectivity index (χ4v) is 1.90. The Hall–Kier alpha value is -1.94. The molecule has 19 heavy (non-hydrogen) atoms. The van der Waals surface area contributed by atoms with Gasteiger partial charge in [-0.25, -0.2) is 14.8 Å². The Morgan fingerprint density at radius 1 is 1.26 bits per heavy atom. The van der Waals surface area contributed by atoms with Crippen molar-refractivity contribution in [1.82, 2.24) is 9.97 Å². The zero-order chi connectivity index (χ0) is 13.8. The van der Waals surface area contributed by atoms with E-state index in [2.05, 4.69) is 34.2 Å². The third-order valence-corrected chi connectivity index (χ3v) is 3.07. The number of aromatic nitrogens is 2. The van der Waals surface area contributed by atoms with Crippen LogP contribution in [0.3, 0.4) is 0 Å². The Morgan fingerprint density at radius 2 is 1.95 bits per heavy atom. The van der Waals surface area contributed by atoms with Crippen molar-refractivity contribution in [2.24, 2.45) is 0 Å². The SMILES string of the molecule is Cc1ccc(CCc2ncc(C(=O)O)c(Cl)n2)cc1. The van der Waals surface area contributed by atoms with Crippen molar-refractivity contribution >= 4 is 17.6 Å². The van der Waals surface area contributed by atoms with Crippen molar-refractivity contribution in [3.8, 4) is 0 Å². The van der Waals surface area contributed by atoms with E-state index in [1.54, 1.807) is 0 Å². The average molecular weight is 277 g/mol. The van der Waals surface area contributed by atoms with Crippen LogP contribution in [0.5, 0.6) is 0 Å². The van der Waals surface area contributed by atoms with E-state index in [4.69, 9.17) is 16.7 Å². The molecule has 0 spiro atoms. The molecule has 1 aromatic carbocycles. The van der Waals surface area contributed by atoms with Crippen LogP contribution in [-0.2, 0) is 12.8 Å². The molecule has 98 valence electrons. The Bertz CT molecular complexity index is 597. The zero-order valence-corrected chi connectivity index (χ0v) is 11.2. The number of carbonyl (C=O) groups is 1. The maximum Gasteiger partial charge on any atom is 0.340 e. The molecule has 0 aliphatic carbocycles.